The molecule has 0 aliphatic heterocycles. The second-order valence-electron chi connectivity index (χ2n) is 3.39. The Kier molecular flexibility index (Phi) is 2.56. The molecule has 1 heterocycles. The normalized spacial score (nSPS) is 10.2. The molecule has 1 aromatic carbocycles. The molecule has 0 saturated carbocycles. The number of benzene rings is 1. The summed E-state index contributed by atoms with van der Waals surface area (Å²) < 4.78 is 0. The molecule has 2 aromatic rings. The van der Waals surface area contributed by atoms with E-state index >= 15 is 0 Å². The summed E-state index contributed by atoms with van der Waals surface area (Å²) in [7, 11) is 0. The summed E-state index contributed by atoms with van der Waals surface area (Å²) in [5.41, 5.74) is 8.46. The van der Waals surface area contributed by atoms with Crippen LogP contribution in [0.25, 0.3) is 11.1 Å². The van der Waals surface area contributed by atoms with Crippen molar-refractivity contribution < 1.29 is 4.79 Å². The van der Waals surface area contributed by atoms with Crippen LogP contribution in [0.1, 0.15) is 15.2 Å². The van der Waals surface area contributed by atoms with E-state index < -0.39 is 0 Å². The van der Waals surface area contributed by atoms with Crippen LogP contribution in [0.4, 0.5) is 0 Å². The summed E-state index contributed by atoms with van der Waals surface area (Å²) in [6.45, 7) is 2.03. The van der Waals surface area contributed by atoms with Crippen molar-refractivity contribution in [3.8, 4) is 11.1 Å². The number of rotatable bonds is 2. The maximum absolute atomic E-state index is 11.2. The van der Waals surface area contributed by atoms with Gasteiger partial charge >= 0.3 is 0 Å². The van der Waals surface area contributed by atoms with E-state index in [1.165, 1.54) is 16.9 Å². The van der Waals surface area contributed by atoms with Crippen LogP contribution in [0.2, 0.25) is 0 Å². The SMILES string of the molecule is Cc1ccc(-c2ccsc2C(N)=O)cc1. The van der Waals surface area contributed by atoms with E-state index in [1.807, 2.05) is 42.6 Å². The van der Waals surface area contributed by atoms with Gasteiger partial charge in [0.15, 0.2) is 0 Å². The molecule has 0 atom stereocenters. The van der Waals surface area contributed by atoms with Gasteiger partial charge in [-0.1, -0.05) is 29.8 Å². The van der Waals surface area contributed by atoms with Crippen molar-refractivity contribution in [3.05, 3.63) is 46.2 Å². The fourth-order valence-corrected chi connectivity index (χ4v) is 2.23. The number of hydrogen-bond acceptors (Lipinski definition) is 2. The largest absolute Gasteiger partial charge is 0.365 e. The Labute approximate surface area is 92.4 Å². The quantitative estimate of drug-likeness (QED) is 0.825. The van der Waals surface area contributed by atoms with E-state index in [4.69, 9.17) is 5.73 Å². The lowest BCUT2D eigenvalue weighted by atomic mass is 10.1. The zero-order valence-corrected chi connectivity index (χ0v) is 9.17. The molecule has 2 N–H and O–H groups in total. The number of thiophene rings is 1. The fraction of sp³-hybridized carbons (Fsp3) is 0.0833. The maximum Gasteiger partial charge on any atom is 0.259 e. The van der Waals surface area contributed by atoms with E-state index in [-0.39, 0.29) is 5.91 Å². The Morgan fingerprint density at radius 3 is 2.47 bits per heavy atom. The highest BCUT2D eigenvalue weighted by atomic mass is 32.1. The molecule has 1 aromatic heterocycles. The first-order chi connectivity index (χ1) is 7.18. The summed E-state index contributed by atoms with van der Waals surface area (Å²) in [4.78, 5) is 11.8. The number of hydrogen-bond donors (Lipinski definition) is 1. The monoisotopic (exact) mass is 217 g/mol. The molecular weight excluding hydrogens is 206 g/mol. The predicted molar refractivity (Wildman–Crippen MR) is 63.0 cm³/mol. The van der Waals surface area contributed by atoms with Gasteiger partial charge in [0.05, 0.1) is 4.88 Å². The lowest BCUT2D eigenvalue weighted by molar-refractivity contribution is 0.100. The van der Waals surface area contributed by atoms with Crippen molar-refractivity contribution in [2.24, 2.45) is 5.73 Å². The van der Waals surface area contributed by atoms with E-state index in [0.29, 0.717) is 4.88 Å². The van der Waals surface area contributed by atoms with Gasteiger partial charge in [-0.3, -0.25) is 4.79 Å². The third-order valence-corrected chi connectivity index (χ3v) is 3.18. The minimum absolute atomic E-state index is 0.361. The van der Waals surface area contributed by atoms with Crippen molar-refractivity contribution in [2.45, 2.75) is 6.92 Å². The molecule has 2 nitrogen and oxygen atoms in total. The fourth-order valence-electron chi connectivity index (χ4n) is 1.46. The average Bonchev–Trinajstić information content (AvgIpc) is 2.67. The smallest absolute Gasteiger partial charge is 0.259 e. The number of aryl methyl sites for hydroxylation is 1. The molecule has 0 aliphatic carbocycles. The lowest BCUT2D eigenvalue weighted by Gasteiger charge is -2.01. The Morgan fingerprint density at radius 2 is 1.87 bits per heavy atom. The molecule has 0 saturated heterocycles. The van der Waals surface area contributed by atoms with Crippen molar-refractivity contribution >= 4 is 17.2 Å². The molecule has 0 radical (unpaired) electrons. The Hall–Kier alpha value is -1.61. The topological polar surface area (TPSA) is 43.1 Å². The standard InChI is InChI=1S/C12H11NOS/c1-8-2-4-9(5-3-8)10-6-7-15-11(10)12(13)14/h2-7H,1H3,(H2,13,14). The predicted octanol–water partition coefficient (Wildman–Crippen LogP) is 2.82. The van der Waals surface area contributed by atoms with E-state index in [1.54, 1.807) is 0 Å². The third kappa shape index (κ3) is 1.92. The maximum atomic E-state index is 11.2. The first kappa shape index (κ1) is 9.93. The van der Waals surface area contributed by atoms with E-state index in [9.17, 15) is 4.79 Å². The molecule has 0 spiro atoms. The van der Waals surface area contributed by atoms with Crippen LogP contribution in [0.5, 0.6) is 0 Å². The van der Waals surface area contributed by atoms with Crippen LogP contribution in [0.15, 0.2) is 35.7 Å². The first-order valence-corrected chi connectivity index (χ1v) is 5.51. The summed E-state index contributed by atoms with van der Waals surface area (Å²) in [5.74, 6) is -0.361. The van der Waals surface area contributed by atoms with Gasteiger partial charge in [-0.15, -0.1) is 11.3 Å². The lowest BCUT2D eigenvalue weighted by Crippen LogP contribution is -2.09. The Morgan fingerprint density at radius 1 is 1.20 bits per heavy atom. The van der Waals surface area contributed by atoms with Gasteiger partial charge in [0.1, 0.15) is 0 Å². The second kappa shape index (κ2) is 3.87. The van der Waals surface area contributed by atoms with Crippen LogP contribution in [0.3, 0.4) is 0 Å². The summed E-state index contributed by atoms with van der Waals surface area (Å²) in [6, 6.07) is 9.98. The van der Waals surface area contributed by atoms with E-state index in [2.05, 4.69) is 0 Å². The van der Waals surface area contributed by atoms with Crippen LogP contribution in [0, 0.1) is 6.92 Å². The molecule has 76 valence electrons. The molecule has 0 bridgehead atoms. The molecular formula is C12H11NOS. The number of carbonyl (C=O) groups is 1. The molecule has 3 heteroatoms. The number of nitrogens with two attached hydrogens (primary N) is 1. The molecule has 15 heavy (non-hydrogen) atoms. The van der Waals surface area contributed by atoms with Crippen LogP contribution < -0.4 is 5.73 Å². The summed E-state index contributed by atoms with van der Waals surface area (Å²) in [5, 5.41) is 1.88. The Balaban J connectivity index is 2.49. The number of primary amides is 1. The minimum atomic E-state index is -0.361. The van der Waals surface area contributed by atoms with Gasteiger partial charge in [-0.05, 0) is 23.9 Å². The van der Waals surface area contributed by atoms with Crippen molar-refractivity contribution in [1.82, 2.24) is 0 Å². The Bertz CT molecular complexity index is 485. The zero-order valence-electron chi connectivity index (χ0n) is 8.36. The van der Waals surface area contributed by atoms with Crippen molar-refractivity contribution in [2.75, 3.05) is 0 Å². The highest BCUT2D eigenvalue weighted by Gasteiger charge is 2.10. The highest BCUT2D eigenvalue weighted by molar-refractivity contribution is 7.12. The van der Waals surface area contributed by atoms with Crippen molar-refractivity contribution in [1.29, 1.82) is 0 Å². The average molecular weight is 217 g/mol. The van der Waals surface area contributed by atoms with Gasteiger partial charge in [0, 0.05) is 5.56 Å². The van der Waals surface area contributed by atoms with Crippen LogP contribution >= 0.6 is 11.3 Å². The molecule has 2 rings (SSSR count). The van der Waals surface area contributed by atoms with Gasteiger partial charge in [-0.25, -0.2) is 0 Å². The van der Waals surface area contributed by atoms with E-state index in [0.717, 1.165) is 11.1 Å². The van der Waals surface area contributed by atoms with Crippen molar-refractivity contribution in [3.63, 3.8) is 0 Å². The minimum Gasteiger partial charge on any atom is -0.365 e. The second-order valence-corrected chi connectivity index (χ2v) is 4.31. The third-order valence-electron chi connectivity index (χ3n) is 2.25. The number of amides is 1. The van der Waals surface area contributed by atoms with Gasteiger partial charge < -0.3 is 5.73 Å². The zero-order chi connectivity index (χ0) is 10.8. The van der Waals surface area contributed by atoms with Gasteiger partial charge in [-0.2, -0.15) is 0 Å². The number of carbonyl (C=O) groups excluding carboxylic acids is 1. The van der Waals surface area contributed by atoms with Crippen LogP contribution in [-0.2, 0) is 0 Å². The first-order valence-electron chi connectivity index (χ1n) is 4.63. The summed E-state index contributed by atoms with van der Waals surface area (Å²) >= 11 is 1.38. The molecule has 0 fully saturated rings. The highest BCUT2D eigenvalue weighted by Crippen LogP contribution is 2.27. The van der Waals surface area contributed by atoms with Gasteiger partial charge in [0.2, 0.25) is 0 Å². The molecule has 1 amide bonds. The summed E-state index contributed by atoms with van der Waals surface area (Å²) in [6.07, 6.45) is 0. The van der Waals surface area contributed by atoms with Gasteiger partial charge in [0.25, 0.3) is 5.91 Å². The van der Waals surface area contributed by atoms with Crippen LogP contribution in [-0.4, -0.2) is 5.91 Å². The molecule has 0 unspecified atom stereocenters. The molecule has 0 aliphatic rings.